The van der Waals surface area contributed by atoms with Gasteiger partial charge in [-0.15, -0.1) is 0 Å². The number of nitrogens with one attached hydrogen (secondary N) is 1. The van der Waals surface area contributed by atoms with Gasteiger partial charge in [0.1, 0.15) is 18.4 Å². The van der Waals surface area contributed by atoms with Crippen LogP contribution in [0.5, 0.6) is 0 Å². The highest BCUT2D eigenvalue weighted by Crippen LogP contribution is 2.65. The van der Waals surface area contributed by atoms with E-state index in [0.29, 0.717) is 12.2 Å². The lowest BCUT2D eigenvalue weighted by Gasteiger charge is -2.37. The summed E-state index contributed by atoms with van der Waals surface area (Å²) < 4.78 is 0. The van der Waals surface area contributed by atoms with Crippen LogP contribution >= 0.6 is 0 Å². The van der Waals surface area contributed by atoms with Crippen LogP contribution in [0.1, 0.15) is 34.6 Å². The second-order valence-corrected chi connectivity index (χ2v) is 8.80. The van der Waals surface area contributed by atoms with Crippen molar-refractivity contribution in [2.24, 2.45) is 22.7 Å². The summed E-state index contributed by atoms with van der Waals surface area (Å²) >= 11 is 0. The van der Waals surface area contributed by atoms with E-state index in [4.69, 9.17) is 0 Å². The van der Waals surface area contributed by atoms with Gasteiger partial charge in [0.25, 0.3) is 0 Å². The number of carboxylic acid groups (broad SMARTS) is 1. The third-order valence-electron chi connectivity index (χ3n) is 5.73. The van der Waals surface area contributed by atoms with Gasteiger partial charge in [0.05, 0.1) is 18.1 Å². The fraction of sp³-hybridized carbons (Fsp3) is 0.667. The van der Waals surface area contributed by atoms with Crippen molar-refractivity contribution in [3.8, 4) is 0 Å². The third kappa shape index (κ3) is 2.96. The number of amides is 1. The molecule has 2 N–H and O–H groups in total. The summed E-state index contributed by atoms with van der Waals surface area (Å²) in [5, 5.41) is 12.9. The number of anilines is 1. The lowest BCUT2D eigenvalue weighted by atomic mass is 9.85. The highest BCUT2D eigenvalue weighted by atomic mass is 16.4. The molecule has 2 fully saturated rings. The summed E-state index contributed by atoms with van der Waals surface area (Å²) in [6.45, 7) is 10.6. The molecule has 2 aliphatic rings. The number of carbonyl (C=O) groups excluding carboxylic acids is 1. The predicted molar refractivity (Wildman–Crippen MR) is 92.8 cm³/mol. The van der Waals surface area contributed by atoms with Gasteiger partial charge in [-0.05, 0) is 16.7 Å². The maximum absolute atomic E-state index is 13.2. The summed E-state index contributed by atoms with van der Waals surface area (Å²) in [4.78, 5) is 34.6. The Morgan fingerprint density at radius 3 is 2.44 bits per heavy atom. The molecule has 2 heterocycles. The van der Waals surface area contributed by atoms with E-state index in [1.807, 2.05) is 20.8 Å². The van der Waals surface area contributed by atoms with Crippen molar-refractivity contribution in [2.45, 2.75) is 46.7 Å². The fourth-order valence-corrected chi connectivity index (χ4v) is 4.15. The SMILES string of the molecule is CC(C)(C)C(Nc1cncnc1)C(=O)N1C[C@H]2[C@@H]([C@H]1C(=O)O)C2(C)C. The van der Waals surface area contributed by atoms with Gasteiger partial charge in [-0.25, -0.2) is 14.8 Å². The number of nitrogens with zero attached hydrogens (tertiary/aromatic N) is 3. The number of rotatable bonds is 4. The molecule has 1 saturated carbocycles. The van der Waals surface area contributed by atoms with Gasteiger partial charge in [0.2, 0.25) is 5.91 Å². The Morgan fingerprint density at radius 2 is 1.92 bits per heavy atom. The molecule has 0 radical (unpaired) electrons. The van der Waals surface area contributed by atoms with Crippen LogP contribution in [-0.2, 0) is 9.59 Å². The summed E-state index contributed by atoms with van der Waals surface area (Å²) in [5.41, 5.74) is 0.253. The number of piperidine rings is 1. The quantitative estimate of drug-likeness (QED) is 0.864. The second kappa shape index (κ2) is 5.68. The Bertz CT molecular complexity index is 683. The fourth-order valence-electron chi connectivity index (χ4n) is 4.15. The van der Waals surface area contributed by atoms with E-state index in [2.05, 4.69) is 29.1 Å². The minimum Gasteiger partial charge on any atom is -0.480 e. The number of carboxylic acids is 1. The molecule has 7 nitrogen and oxygen atoms in total. The summed E-state index contributed by atoms with van der Waals surface area (Å²) in [7, 11) is 0. The minimum absolute atomic E-state index is 0.00222. The van der Waals surface area contributed by atoms with Gasteiger partial charge in [-0.2, -0.15) is 0 Å². The van der Waals surface area contributed by atoms with Crippen molar-refractivity contribution in [3.05, 3.63) is 18.7 Å². The van der Waals surface area contributed by atoms with Crippen molar-refractivity contribution < 1.29 is 14.7 Å². The number of carbonyl (C=O) groups is 2. The molecular formula is C18H26N4O3. The van der Waals surface area contributed by atoms with Gasteiger partial charge in [-0.1, -0.05) is 34.6 Å². The highest BCUT2D eigenvalue weighted by molar-refractivity contribution is 5.91. The Hall–Kier alpha value is -2.18. The molecule has 0 bridgehead atoms. The molecule has 1 unspecified atom stereocenters. The Kier molecular flexibility index (Phi) is 4.00. The van der Waals surface area contributed by atoms with Crippen LogP contribution in [0.3, 0.4) is 0 Å². The zero-order chi connectivity index (χ0) is 18.6. The smallest absolute Gasteiger partial charge is 0.326 e. The van der Waals surface area contributed by atoms with E-state index >= 15 is 0 Å². The van der Waals surface area contributed by atoms with Crippen LogP contribution in [0.25, 0.3) is 0 Å². The van der Waals surface area contributed by atoms with Crippen LogP contribution in [0.2, 0.25) is 0 Å². The Labute approximate surface area is 147 Å². The molecule has 1 aliphatic heterocycles. The molecule has 1 saturated heterocycles. The van der Waals surface area contributed by atoms with E-state index in [-0.39, 0.29) is 23.2 Å². The standard InChI is InChI=1S/C18H26N4O3/c1-17(2,3)14(21-10-6-19-9-20-7-10)15(23)22-8-11-12(18(11,4)5)13(22)16(24)25/h6-7,9,11-14,21H,8H2,1-5H3,(H,24,25)/t11-,12-,13-,14?/m0/s1. The van der Waals surface area contributed by atoms with Gasteiger partial charge >= 0.3 is 5.97 Å². The largest absolute Gasteiger partial charge is 0.480 e. The molecule has 25 heavy (non-hydrogen) atoms. The maximum atomic E-state index is 13.2. The number of aromatic nitrogens is 2. The molecule has 0 spiro atoms. The topological polar surface area (TPSA) is 95.4 Å². The van der Waals surface area contributed by atoms with Crippen molar-refractivity contribution in [3.63, 3.8) is 0 Å². The summed E-state index contributed by atoms with van der Waals surface area (Å²) in [5.74, 6) is -0.790. The van der Waals surface area contributed by atoms with Crippen LogP contribution in [0.15, 0.2) is 18.7 Å². The first kappa shape index (κ1) is 17.6. The number of likely N-dealkylation sites (tertiary alicyclic amines) is 1. The van der Waals surface area contributed by atoms with Crippen LogP contribution in [0.4, 0.5) is 5.69 Å². The lowest BCUT2D eigenvalue weighted by Crippen LogP contribution is -2.54. The first-order valence-electron chi connectivity index (χ1n) is 8.60. The predicted octanol–water partition coefficient (Wildman–Crippen LogP) is 1.87. The first-order chi connectivity index (χ1) is 11.5. The highest BCUT2D eigenvalue weighted by Gasteiger charge is 2.70. The van der Waals surface area contributed by atoms with E-state index in [0.717, 1.165) is 0 Å². The zero-order valence-corrected chi connectivity index (χ0v) is 15.4. The van der Waals surface area contributed by atoms with E-state index in [9.17, 15) is 14.7 Å². The molecule has 1 aromatic heterocycles. The Balaban J connectivity index is 1.84. The molecule has 1 aliphatic carbocycles. The van der Waals surface area contributed by atoms with Gasteiger partial charge < -0.3 is 15.3 Å². The minimum atomic E-state index is -0.915. The maximum Gasteiger partial charge on any atom is 0.326 e. The molecule has 1 amide bonds. The van der Waals surface area contributed by atoms with Crippen molar-refractivity contribution in [1.29, 1.82) is 0 Å². The van der Waals surface area contributed by atoms with Crippen LogP contribution in [0, 0.1) is 22.7 Å². The molecule has 1 aromatic rings. The van der Waals surface area contributed by atoms with Crippen molar-refractivity contribution in [1.82, 2.24) is 14.9 Å². The normalized spacial score (nSPS) is 28.2. The molecule has 7 heteroatoms. The van der Waals surface area contributed by atoms with Gasteiger partial charge in [0, 0.05) is 12.5 Å². The van der Waals surface area contributed by atoms with E-state index in [1.54, 1.807) is 17.3 Å². The molecule has 4 atom stereocenters. The molecule has 3 rings (SSSR count). The van der Waals surface area contributed by atoms with E-state index in [1.165, 1.54) is 6.33 Å². The zero-order valence-electron chi connectivity index (χ0n) is 15.4. The number of hydrogen-bond acceptors (Lipinski definition) is 5. The van der Waals surface area contributed by atoms with Crippen LogP contribution in [-0.4, -0.2) is 50.5 Å². The summed E-state index contributed by atoms with van der Waals surface area (Å²) in [6, 6.07) is -1.30. The summed E-state index contributed by atoms with van der Waals surface area (Å²) in [6.07, 6.45) is 4.65. The molecule has 136 valence electrons. The van der Waals surface area contributed by atoms with Crippen LogP contribution < -0.4 is 5.32 Å². The lowest BCUT2D eigenvalue weighted by molar-refractivity contribution is -0.151. The first-order valence-corrected chi connectivity index (χ1v) is 8.60. The number of hydrogen-bond donors (Lipinski definition) is 2. The van der Waals surface area contributed by atoms with Crippen molar-refractivity contribution >= 4 is 17.6 Å². The monoisotopic (exact) mass is 346 g/mol. The second-order valence-electron chi connectivity index (χ2n) is 8.80. The number of aliphatic carboxylic acids is 1. The van der Waals surface area contributed by atoms with Crippen molar-refractivity contribution in [2.75, 3.05) is 11.9 Å². The average molecular weight is 346 g/mol. The Morgan fingerprint density at radius 1 is 1.32 bits per heavy atom. The van der Waals surface area contributed by atoms with Gasteiger partial charge in [0.15, 0.2) is 0 Å². The third-order valence-corrected chi connectivity index (χ3v) is 5.73. The average Bonchev–Trinajstić information content (AvgIpc) is 2.88. The van der Waals surface area contributed by atoms with Gasteiger partial charge in [-0.3, -0.25) is 4.79 Å². The number of fused-ring (bicyclic) bond motifs is 1. The van der Waals surface area contributed by atoms with E-state index < -0.39 is 23.5 Å². The molecule has 0 aromatic carbocycles. The molecular weight excluding hydrogens is 320 g/mol.